The molecule has 0 saturated heterocycles. The van der Waals surface area contributed by atoms with Crippen molar-refractivity contribution in [3.8, 4) is 11.5 Å². The molecule has 0 fully saturated rings. The van der Waals surface area contributed by atoms with Crippen LogP contribution in [-0.4, -0.2) is 47.1 Å². The molecule has 0 atom stereocenters. The van der Waals surface area contributed by atoms with Crippen LogP contribution in [0.15, 0.2) is 48.8 Å². The molecule has 4 rings (SSSR count). The number of hydrogen-bond acceptors (Lipinski definition) is 4. The van der Waals surface area contributed by atoms with E-state index in [1.807, 2.05) is 37.1 Å². The van der Waals surface area contributed by atoms with Crippen LogP contribution in [0.25, 0.3) is 16.6 Å². The van der Waals surface area contributed by atoms with Gasteiger partial charge in [0.25, 0.3) is 5.91 Å². The van der Waals surface area contributed by atoms with Crippen LogP contribution in [0.3, 0.4) is 0 Å². The number of amides is 1. The summed E-state index contributed by atoms with van der Waals surface area (Å²) in [5.41, 5.74) is 3.92. The van der Waals surface area contributed by atoms with Gasteiger partial charge in [0.05, 0.1) is 13.2 Å². The lowest BCUT2D eigenvalue weighted by Crippen LogP contribution is -2.34. The molecule has 1 aromatic carbocycles. The van der Waals surface area contributed by atoms with Crippen molar-refractivity contribution in [2.75, 3.05) is 26.3 Å². The molecule has 0 bridgehead atoms. The molecule has 0 unspecified atom stereocenters. The molecule has 1 amide bonds. The number of nitrogens with zero attached hydrogens (tertiary/aromatic N) is 2. The van der Waals surface area contributed by atoms with Gasteiger partial charge in [0.2, 0.25) is 0 Å². The number of aromatic amines is 1. The summed E-state index contributed by atoms with van der Waals surface area (Å²) in [5.74, 6) is 1.28. The van der Waals surface area contributed by atoms with E-state index in [9.17, 15) is 4.79 Å². The van der Waals surface area contributed by atoms with Gasteiger partial charge in [0, 0.05) is 42.0 Å². The van der Waals surface area contributed by atoms with Crippen LogP contribution in [0.4, 0.5) is 0 Å². The smallest absolute Gasteiger partial charge is 0.254 e. The molecule has 1 aliphatic rings. The Labute approximate surface area is 170 Å². The van der Waals surface area contributed by atoms with Crippen molar-refractivity contribution in [3.05, 3.63) is 59.9 Å². The molecule has 6 heteroatoms. The van der Waals surface area contributed by atoms with Crippen molar-refractivity contribution in [1.29, 1.82) is 0 Å². The lowest BCUT2D eigenvalue weighted by atomic mass is 9.99. The summed E-state index contributed by atoms with van der Waals surface area (Å²) in [6.07, 6.45) is 6.73. The van der Waals surface area contributed by atoms with E-state index in [-0.39, 0.29) is 5.91 Å². The molecular formula is C23H25N3O3. The lowest BCUT2D eigenvalue weighted by molar-refractivity contribution is 0.0772. The quantitative estimate of drug-likeness (QED) is 0.681. The van der Waals surface area contributed by atoms with Crippen molar-refractivity contribution in [2.24, 2.45) is 0 Å². The summed E-state index contributed by atoms with van der Waals surface area (Å²) < 4.78 is 11.3. The Morgan fingerprint density at radius 1 is 1.17 bits per heavy atom. The van der Waals surface area contributed by atoms with Crippen LogP contribution in [0, 0.1) is 0 Å². The van der Waals surface area contributed by atoms with Crippen LogP contribution < -0.4 is 9.47 Å². The highest BCUT2D eigenvalue weighted by molar-refractivity contribution is 5.96. The second kappa shape index (κ2) is 8.39. The fraction of sp³-hybridized carbons (Fsp3) is 0.304. The van der Waals surface area contributed by atoms with Crippen molar-refractivity contribution in [1.82, 2.24) is 14.9 Å². The number of pyridine rings is 1. The fourth-order valence-corrected chi connectivity index (χ4v) is 3.69. The SMILES string of the molecule is CCOc1ccc(C(=O)N2CC=C(c3c[nH]c4ncccc34)CC2)cc1OCC. The Hall–Kier alpha value is -3.28. The van der Waals surface area contributed by atoms with Crippen LogP contribution in [-0.2, 0) is 0 Å². The first-order valence-corrected chi connectivity index (χ1v) is 10.0. The maximum atomic E-state index is 13.0. The summed E-state index contributed by atoms with van der Waals surface area (Å²) in [5, 5.41) is 1.12. The Kier molecular flexibility index (Phi) is 5.51. The topological polar surface area (TPSA) is 67.5 Å². The minimum atomic E-state index is 0.00453. The van der Waals surface area contributed by atoms with Gasteiger partial charge < -0.3 is 19.4 Å². The maximum Gasteiger partial charge on any atom is 0.254 e. The predicted molar refractivity (Wildman–Crippen MR) is 113 cm³/mol. The third-order valence-corrected chi connectivity index (χ3v) is 5.08. The second-order valence-electron chi connectivity index (χ2n) is 6.86. The largest absolute Gasteiger partial charge is 0.490 e. The fourth-order valence-electron chi connectivity index (χ4n) is 3.69. The van der Waals surface area contributed by atoms with Crippen molar-refractivity contribution >= 4 is 22.5 Å². The van der Waals surface area contributed by atoms with Gasteiger partial charge in [-0.25, -0.2) is 4.98 Å². The van der Waals surface area contributed by atoms with Crippen LogP contribution in [0.1, 0.15) is 36.2 Å². The number of fused-ring (bicyclic) bond motifs is 1. The molecule has 29 heavy (non-hydrogen) atoms. The Bertz CT molecular complexity index is 1050. The summed E-state index contributed by atoms with van der Waals surface area (Å²) in [4.78, 5) is 22.5. The first-order chi connectivity index (χ1) is 14.2. The highest BCUT2D eigenvalue weighted by atomic mass is 16.5. The van der Waals surface area contributed by atoms with Gasteiger partial charge in [-0.2, -0.15) is 0 Å². The number of rotatable bonds is 6. The number of nitrogens with one attached hydrogen (secondary N) is 1. The predicted octanol–water partition coefficient (Wildman–Crippen LogP) is 4.29. The number of H-pyrrole nitrogens is 1. The number of carbonyl (C=O) groups is 1. The van der Waals surface area contributed by atoms with E-state index >= 15 is 0 Å². The first-order valence-electron chi connectivity index (χ1n) is 10.0. The average molecular weight is 391 g/mol. The van der Waals surface area contributed by atoms with Crippen LogP contribution >= 0.6 is 0 Å². The van der Waals surface area contributed by atoms with Crippen molar-refractivity contribution < 1.29 is 14.3 Å². The third kappa shape index (κ3) is 3.83. The molecule has 0 spiro atoms. The maximum absolute atomic E-state index is 13.0. The Morgan fingerprint density at radius 3 is 2.76 bits per heavy atom. The Balaban J connectivity index is 1.52. The lowest BCUT2D eigenvalue weighted by Gasteiger charge is -2.27. The molecule has 1 N–H and O–H groups in total. The number of carbonyl (C=O) groups excluding carboxylic acids is 1. The summed E-state index contributed by atoms with van der Waals surface area (Å²) >= 11 is 0. The average Bonchev–Trinajstić information content (AvgIpc) is 3.19. The van der Waals surface area contributed by atoms with Crippen molar-refractivity contribution in [3.63, 3.8) is 0 Å². The number of hydrogen-bond donors (Lipinski definition) is 1. The van der Waals surface area contributed by atoms with Crippen LogP contribution in [0.2, 0.25) is 0 Å². The normalized spacial score (nSPS) is 14.0. The number of benzene rings is 1. The number of aromatic nitrogens is 2. The second-order valence-corrected chi connectivity index (χ2v) is 6.86. The third-order valence-electron chi connectivity index (χ3n) is 5.08. The van der Waals surface area contributed by atoms with Gasteiger partial charge >= 0.3 is 0 Å². The van der Waals surface area contributed by atoms with E-state index in [4.69, 9.17) is 9.47 Å². The molecule has 6 nitrogen and oxygen atoms in total. The van der Waals surface area contributed by atoms with Crippen LogP contribution in [0.5, 0.6) is 11.5 Å². The van der Waals surface area contributed by atoms with E-state index in [1.54, 1.807) is 18.3 Å². The van der Waals surface area contributed by atoms with Gasteiger partial charge in [0.1, 0.15) is 5.65 Å². The van der Waals surface area contributed by atoms with Gasteiger partial charge in [-0.3, -0.25) is 4.79 Å². The first kappa shape index (κ1) is 19.1. The minimum Gasteiger partial charge on any atom is -0.490 e. The number of ether oxygens (including phenoxy) is 2. The highest BCUT2D eigenvalue weighted by Gasteiger charge is 2.22. The van der Waals surface area contributed by atoms with E-state index < -0.39 is 0 Å². The molecular weight excluding hydrogens is 366 g/mol. The van der Waals surface area contributed by atoms with Gasteiger partial charge in [-0.05, 0) is 56.2 Å². The highest BCUT2D eigenvalue weighted by Crippen LogP contribution is 2.31. The van der Waals surface area contributed by atoms with E-state index in [1.165, 1.54) is 11.1 Å². The van der Waals surface area contributed by atoms with Crippen molar-refractivity contribution in [2.45, 2.75) is 20.3 Å². The summed E-state index contributed by atoms with van der Waals surface area (Å²) in [7, 11) is 0. The standard InChI is InChI=1S/C23H25N3O3/c1-3-28-20-8-7-17(14-21(20)29-4-2)23(27)26-12-9-16(10-13-26)19-15-25-22-18(19)6-5-11-24-22/h5-9,11,14-15H,3-4,10,12-13H2,1-2H3,(H,24,25). The molecule has 0 radical (unpaired) electrons. The molecule has 2 aromatic heterocycles. The zero-order chi connectivity index (χ0) is 20.2. The van der Waals surface area contributed by atoms with E-state index in [0.29, 0.717) is 43.4 Å². The zero-order valence-electron chi connectivity index (χ0n) is 16.8. The molecule has 1 aliphatic heterocycles. The van der Waals surface area contributed by atoms with E-state index in [2.05, 4.69) is 22.1 Å². The van der Waals surface area contributed by atoms with E-state index in [0.717, 1.165) is 17.5 Å². The molecule has 0 aliphatic carbocycles. The zero-order valence-corrected chi connectivity index (χ0v) is 16.8. The van der Waals surface area contributed by atoms with Gasteiger partial charge in [0.15, 0.2) is 11.5 Å². The monoisotopic (exact) mass is 391 g/mol. The molecule has 3 heterocycles. The molecule has 3 aromatic rings. The molecule has 0 saturated carbocycles. The summed E-state index contributed by atoms with van der Waals surface area (Å²) in [6, 6.07) is 9.41. The summed E-state index contributed by atoms with van der Waals surface area (Å²) in [6.45, 7) is 6.17. The van der Waals surface area contributed by atoms with Gasteiger partial charge in [-0.15, -0.1) is 0 Å². The molecule has 150 valence electrons. The minimum absolute atomic E-state index is 0.00453. The van der Waals surface area contributed by atoms with Gasteiger partial charge in [-0.1, -0.05) is 6.08 Å². The Morgan fingerprint density at radius 2 is 2.00 bits per heavy atom.